The van der Waals surface area contributed by atoms with Crippen molar-refractivity contribution in [3.8, 4) is 5.69 Å². The summed E-state index contributed by atoms with van der Waals surface area (Å²) in [5.74, 6) is 0.824. The number of guanidine groups is 1. The van der Waals surface area contributed by atoms with Crippen LogP contribution >= 0.6 is 0 Å². The summed E-state index contributed by atoms with van der Waals surface area (Å²) >= 11 is 0. The zero-order valence-corrected chi connectivity index (χ0v) is 18.9. The van der Waals surface area contributed by atoms with Crippen LogP contribution in [0.15, 0.2) is 66.2 Å². The minimum atomic E-state index is 0.613. The van der Waals surface area contributed by atoms with Crippen LogP contribution in [0.3, 0.4) is 0 Å². The first kappa shape index (κ1) is 22.0. The molecule has 1 aliphatic rings. The van der Waals surface area contributed by atoms with E-state index in [2.05, 4.69) is 68.9 Å². The molecule has 1 saturated heterocycles. The van der Waals surface area contributed by atoms with Crippen LogP contribution in [-0.4, -0.2) is 45.3 Å². The summed E-state index contributed by atoms with van der Waals surface area (Å²) in [5.41, 5.74) is 4.79. The number of nitrogens with one attached hydrogen (secondary N) is 2. The van der Waals surface area contributed by atoms with Gasteiger partial charge >= 0.3 is 0 Å². The van der Waals surface area contributed by atoms with Gasteiger partial charge in [0.1, 0.15) is 12.7 Å². The number of aromatic nitrogens is 3. The van der Waals surface area contributed by atoms with E-state index in [-0.39, 0.29) is 0 Å². The summed E-state index contributed by atoms with van der Waals surface area (Å²) in [4.78, 5) is 11.3. The van der Waals surface area contributed by atoms with Crippen LogP contribution in [0.25, 0.3) is 5.69 Å². The van der Waals surface area contributed by atoms with Gasteiger partial charge in [-0.1, -0.05) is 42.8 Å². The maximum atomic E-state index is 4.74. The molecular weight excluding hydrogens is 398 g/mol. The van der Waals surface area contributed by atoms with Crippen LogP contribution in [0.1, 0.15) is 42.9 Å². The highest BCUT2D eigenvalue weighted by Crippen LogP contribution is 2.14. The van der Waals surface area contributed by atoms with Crippen molar-refractivity contribution in [2.24, 2.45) is 4.99 Å². The summed E-state index contributed by atoms with van der Waals surface area (Å²) in [6, 6.07) is 17.2. The Labute approximate surface area is 190 Å². The number of hydrogen-bond donors (Lipinski definition) is 2. The second kappa shape index (κ2) is 11.4. The molecular formula is C25H33N7. The molecule has 7 heteroatoms. The fraction of sp³-hybridized carbons (Fsp3) is 0.400. The number of nitrogens with zero attached hydrogens (tertiary/aromatic N) is 5. The molecule has 0 unspecified atom stereocenters. The van der Waals surface area contributed by atoms with Crippen molar-refractivity contribution >= 4 is 5.96 Å². The van der Waals surface area contributed by atoms with E-state index in [1.165, 1.54) is 49.8 Å². The molecule has 0 amide bonds. The lowest BCUT2D eigenvalue weighted by atomic mass is 10.1. The van der Waals surface area contributed by atoms with E-state index in [0.717, 1.165) is 36.8 Å². The highest BCUT2D eigenvalue weighted by Gasteiger charge is 2.10. The Hall–Kier alpha value is -3.19. The van der Waals surface area contributed by atoms with E-state index < -0.39 is 0 Å². The number of benzene rings is 2. The monoisotopic (exact) mass is 431 g/mol. The van der Waals surface area contributed by atoms with Crippen molar-refractivity contribution in [1.29, 1.82) is 0 Å². The Morgan fingerprint density at radius 1 is 0.906 bits per heavy atom. The van der Waals surface area contributed by atoms with E-state index in [4.69, 9.17) is 4.99 Å². The predicted octanol–water partition coefficient (Wildman–Crippen LogP) is 3.51. The van der Waals surface area contributed by atoms with Gasteiger partial charge in [0, 0.05) is 19.6 Å². The standard InChI is InChI=1S/C25H33N7/c1-2-27-25(29-17-22-10-12-24(13-11-22)32-20-26-19-30-32)28-16-21-6-8-23(9-7-21)18-31-14-4-3-5-15-31/h6-13,19-20H,2-5,14-18H2,1H3,(H2,27,28,29). The van der Waals surface area contributed by atoms with Crippen molar-refractivity contribution in [3.63, 3.8) is 0 Å². The Kier molecular flexibility index (Phi) is 7.87. The number of piperidine rings is 1. The molecule has 0 bridgehead atoms. The van der Waals surface area contributed by atoms with Crippen LogP contribution in [0.5, 0.6) is 0 Å². The molecule has 0 saturated carbocycles. The molecule has 2 N–H and O–H groups in total. The fourth-order valence-corrected chi connectivity index (χ4v) is 3.93. The molecule has 168 valence electrons. The zero-order valence-electron chi connectivity index (χ0n) is 18.9. The minimum absolute atomic E-state index is 0.613. The highest BCUT2D eigenvalue weighted by atomic mass is 15.3. The van der Waals surface area contributed by atoms with Crippen LogP contribution in [0.4, 0.5) is 0 Å². The maximum absolute atomic E-state index is 4.74. The molecule has 4 rings (SSSR count). The van der Waals surface area contributed by atoms with Gasteiger partial charge in [-0.05, 0) is 61.7 Å². The largest absolute Gasteiger partial charge is 0.357 e. The zero-order chi connectivity index (χ0) is 22.0. The Morgan fingerprint density at radius 3 is 2.31 bits per heavy atom. The second-order valence-corrected chi connectivity index (χ2v) is 8.21. The van der Waals surface area contributed by atoms with Gasteiger partial charge in [0.25, 0.3) is 0 Å². The third-order valence-electron chi connectivity index (χ3n) is 5.72. The fourth-order valence-electron chi connectivity index (χ4n) is 3.93. The quantitative estimate of drug-likeness (QED) is 0.422. The van der Waals surface area contributed by atoms with Crippen LogP contribution in [-0.2, 0) is 19.6 Å². The summed E-state index contributed by atoms with van der Waals surface area (Å²) in [7, 11) is 0. The highest BCUT2D eigenvalue weighted by molar-refractivity contribution is 5.79. The smallest absolute Gasteiger partial charge is 0.191 e. The molecule has 7 nitrogen and oxygen atoms in total. The molecule has 1 fully saturated rings. The van der Waals surface area contributed by atoms with Crippen molar-refractivity contribution in [1.82, 2.24) is 30.3 Å². The second-order valence-electron chi connectivity index (χ2n) is 8.21. The molecule has 2 aromatic carbocycles. The van der Waals surface area contributed by atoms with Gasteiger partial charge in [0.15, 0.2) is 5.96 Å². The third kappa shape index (κ3) is 6.40. The van der Waals surface area contributed by atoms with E-state index in [9.17, 15) is 0 Å². The summed E-state index contributed by atoms with van der Waals surface area (Å²) in [6.07, 6.45) is 7.28. The lowest BCUT2D eigenvalue weighted by Crippen LogP contribution is -2.36. The minimum Gasteiger partial charge on any atom is -0.357 e. The molecule has 0 radical (unpaired) electrons. The number of rotatable bonds is 8. The molecule has 3 aromatic rings. The van der Waals surface area contributed by atoms with Crippen molar-refractivity contribution in [2.45, 2.75) is 45.8 Å². The predicted molar refractivity (Wildman–Crippen MR) is 129 cm³/mol. The van der Waals surface area contributed by atoms with E-state index in [1.807, 2.05) is 12.1 Å². The van der Waals surface area contributed by atoms with Crippen LogP contribution < -0.4 is 10.6 Å². The van der Waals surface area contributed by atoms with Crippen molar-refractivity contribution in [3.05, 3.63) is 77.9 Å². The van der Waals surface area contributed by atoms with Crippen molar-refractivity contribution in [2.75, 3.05) is 19.6 Å². The molecule has 1 aliphatic heterocycles. The maximum Gasteiger partial charge on any atom is 0.191 e. The van der Waals surface area contributed by atoms with Crippen LogP contribution in [0, 0.1) is 0 Å². The molecule has 2 heterocycles. The Bertz CT molecular complexity index is 957. The lowest BCUT2D eigenvalue weighted by Gasteiger charge is -2.26. The first-order valence-corrected chi connectivity index (χ1v) is 11.6. The average Bonchev–Trinajstić information content (AvgIpc) is 3.38. The summed E-state index contributed by atoms with van der Waals surface area (Å²) < 4.78 is 1.75. The molecule has 0 aliphatic carbocycles. The first-order valence-electron chi connectivity index (χ1n) is 11.6. The Balaban J connectivity index is 1.29. The number of aliphatic imine (C=N–C) groups is 1. The van der Waals surface area contributed by atoms with Crippen LogP contribution in [0.2, 0.25) is 0 Å². The third-order valence-corrected chi connectivity index (χ3v) is 5.72. The van der Waals surface area contributed by atoms with Gasteiger partial charge in [-0.15, -0.1) is 0 Å². The Morgan fingerprint density at radius 2 is 1.62 bits per heavy atom. The SMILES string of the molecule is CCNC(=NCc1ccc(-n2cncn2)cc1)NCc1ccc(CN2CCCCC2)cc1. The van der Waals surface area contributed by atoms with Gasteiger partial charge in [0.2, 0.25) is 0 Å². The van der Waals surface area contributed by atoms with Gasteiger partial charge in [-0.3, -0.25) is 4.90 Å². The van der Waals surface area contributed by atoms with E-state index >= 15 is 0 Å². The lowest BCUT2D eigenvalue weighted by molar-refractivity contribution is 0.221. The van der Waals surface area contributed by atoms with Crippen molar-refractivity contribution < 1.29 is 0 Å². The molecule has 0 spiro atoms. The molecule has 32 heavy (non-hydrogen) atoms. The van der Waals surface area contributed by atoms with Gasteiger partial charge in [-0.2, -0.15) is 5.10 Å². The van der Waals surface area contributed by atoms with Gasteiger partial charge in [-0.25, -0.2) is 14.7 Å². The summed E-state index contributed by atoms with van der Waals surface area (Å²) in [6.45, 7) is 7.80. The van der Waals surface area contributed by atoms with E-state index in [1.54, 1.807) is 11.0 Å². The normalized spacial score (nSPS) is 15.0. The molecule has 1 aromatic heterocycles. The number of likely N-dealkylation sites (tertiary alicyclic amines) is 1. The average molecular weight is 432 g/mol. The van der Waals surface area contributed by atoms with Gasteiger partial charge < -0.3 is 10.6 Å². The van der Waals surface area contributed by atoms with E-state index in [0.29, 0.717) is 6.54 Å². The summed E-state index contributed by atoms with van der Waals surface area (Å²) in [5, 5.41) is 10.9. The first-order chi connectivity index (χ1) is 15.8. The number of hydrogen-bond acceptors (Lipinski definition) is 4. The molecule has 0 atom stereocenters. The van der Waals surface area contributed by atoms with Gasteiger partial charge in [0.05, 0.1) is 12.2 Å². The topological polar surface area (TPSA) is 70.4 Å².